The number of aryl methyl sites for hydroxylation is 1. The normalized spacial score (nSPS) is 11.5. The van der Waals surface area contributed by atoms with Gasteiger partial charge in [-0.25, -0.2) is 0 Å². The number of thiazole rings is 1. The van der Waals surface area contributed by atoms with Crippen molar-refractivity contribution in [3.05, 3.63) is 44.9 Å². The Morgan fingerprint density at radius 2 is 2.12 bits per heavy atom. The van der Waals surface area contributed by atoms with Gasteiger partial charge >= 0.3 is 5.97 Å². The molecule has 0 bridgehead atoms. The molecule has 3 rings (SSSR count). The number of nitro benzene ring substituents is 1. The monoisotopic (exact) mass is 479 g/mol. The van der Waals surface area contributed by atoms with E-state index in [1.165, 1.54) is 29.9 Å². The van der Waals surface area contributed by atoms with Crippen LogP contribution in [0.3, 0.4) is 0 Å². The number of carbonyl (C=O) groups is 3. The summed E-state index contributed by atoms with van der Waals surface area (Å²) >= 11 is 2.09. The lowest BCUT2D eigenvalue weighted by atomic mass is 10.3. The van der Waals surface area contributed by atoms with Crippen molar-refractivity contribution < 1.29 is 28.6 Å². The molecule has 168 valence electrons. The van der Waals surface area contributed by atoms with E-state index in [0.717, 1.165) is 23.1 Å². The van der Waals surface area contributed by atoms with Crippen molar-refractivity contribution in [1.29, 1.82) is 0 Å². The first-order valence-electron chi connectivity index (χ1n) is 9.00. The van der Waals surface area contributed by atoms with Gasteiger partial charge in [-0.3, -0.25) is 24.5 Å². The van der Waals surface area contributed by atoms with Crippen LogP contribution in [0.2, 0.25) is 0 Å². The number of fused-ring (bicyclic) bond motifs is 1. The molecule has 14 heteroatoms. The van der Waals surface area contributed by atoms with Crippen molar-refractivity contribution in [3.8, 4) is 0 Å². The summed E-state index contributed by atoms with van der Waals surface area (Å²) in [7, 11) is 1.23. The molecule has 0 atom stereocenters. The number of nitrogens with one attached hydrogen (secondary N) is 1. The van der Waals surface area contributed by atoms with Gasteiger partial charge in [0.2, 0.25) is 5.91 Å². The number of hydrogen-bond donors (Lipinski definition) is 1. The molecule has 0 fully saturated rings. The Morgan fingerprint density at radius 3 is 2.78 bits per heavy atom. The van der Waals surface area contributed by atoms with Gasteiger partial charge in [-0.05, 0) is 13.0 Å². The molecule has 1 N–H and O–H groups in total. The molecular weight excluding hydrogens is 462 g/mol. The summed E-state index contributed by atoms with van der Waals surface area (Å²) in [5.74, 6) is -0.703. The zero-order chi connectivity index (χ0) is 23.3. The summed E-state index contributed by atoms with van der Waals surface area (Å²) in [4.78, 5) is 50.8. The van der Waals surface area contributed by atoms with Crippen molar-refractivity contribution in [1.82, 2.24) is 9.72 Å². The predicted molar refractivity (Wildman–Crippen MR) is 116 cm³/mol. The summed E-state index contributed by atoms with van der Waals surface area (Å²) in [6.45, 7) is 1.48. The number of esters is 1. The smallest absolute Gasteiger partial charge is 0.325 e. The topological polar surface area (TPSA) is 159 Å². The molecule has 0 unspecified atom stereocenters. The highest BCUT2D eigenvalue weighted by atomic mass is 32.2. The van der Waals surface area contributed by atoms with Crippen molar-refractivity contribution in [2.45, 2.75) is 13.5 Å². The van der Waals surface area contributed by atoms with E-state index in [-0.39, 0.29) is 40.3 Å². The zero-order valence-electron chi connectivity index (χ0n) is 16.9. The Hall–Kier alpha value is -3.52. The van der Waals surface area contributed by atoms with Crippen molar-refractivity contribution >= 4 is 62.6 Å². The molecule has 12 nitrogen and oxygen atoms in total. The molecule has 0 saturated carbocycles. The number of ether oxygens (including phenoxy) is 1. The largest absolute Gasteiger partial charge is 0.468 e. The Labute approximate surface area is 188 Å². The molecule has 3 aromatic rings. The first kappa shape index (κ1) is 23.1. The third-order valence-electron chi connectivity index (χ3n) is 3.97. The lowest BCUT2D eigenvalue weighted by molar-refractivity contribution is -0.384. The van der Waals surface area contributed by atoms with E-state index < -0.39 is 16.8 Å². The molecule has 1 aromatic carbocycles. The summed E-state index contributed by atoms with van der Waals surface area (Å²) in [6, 6.07) is 5.71. The Balaban J connectivity index is 1.74. The van der Waals surface area contributed by atoms with Crippen LogP contribution in [0.15, 0.2) is 33.8 Å². The number of hydrogen-bond acceptors (Lipinski definition) is 10. The SMILES string of the molecule is COC(=O)Cn1c(=NC(=O)CSCC(=O)Nc2cc(C)on2)sc2cc([N+](=O)[O-])ccc21. The van der Waals surface area contributed by atoms with Crippen LogP contribution in [0, 0.1) is 17.0 Å². The molecule has 0 saturated heterocycles. The first-order valence-corrected chi connectivity index (χ1v) is 11.0. The van der Waals surface area contributed by atoms with Crippen molar-refractivity contribution in [3.63, 3.8) is 0 Å². The summed E-state index contributed by atoms with van der Waals surface area (Å²) < 4.78 is 11.5. The number of methoxy groups -OCH3 is 1. The second kappa shape index (κ2) is 10.2. The minimum absolute atomic E-state index is 0.00601. The van der Waals surface area contributed by atoms with Gasteiger partial charge in [-0.15, -0.1) is 11.8 Å². The summed E-state index contributed by atoms with van der Waals surface area (Å²) in [5.41, 5.74) is 0.387. The molecule has 0 aliphatic rings. The third kappa shape index (κ3) is 5.79. The average Bonchev–Trinajstić information content (AvgIpc) is 3.30. The standard InChI is InChI=1S/C18H17N5O7S2/c1-10-5-14(21-30-10)19-15(24)8-31-9-16(25)20-18-22(7-17(26)29-2)12-4-3-11(23(27)28)6-13(12)32-18/h3-6H,7-9H2,1-2H3,(H,19,21,24). The summed E-state index contributed by atoms with van der Waals surface area (Å²) in [6.07, 6.45) is 0. The van der Waals surface area contributed by atoms with Crippen molar-refractivity contribution in [2.24, 2.45) is 4.99 Å². The number of aromatic nitrogens is 2. The van der Waals surface area contributed by atoms with E-state index >= 15 is 0 Å². The van der Waals surface area contributed by atoms with Gasteiger partial charge in [0.1, 0.15) is 12.3 Å². The highest BCUT2D eigenvalue weighted by molar-refractivity contribution is 8.00. The molecule has 32 heavy (non-hydrogen) atoms. The minimum atomic E-state index is -0.564. The molecular formula is C18H17N5O7S2. The number of amides is 2. The fourth-order valence-electron chi connectivity index (χ4n) is 2.58. The lowest BCUT2D eigenvalue weighted by Crippen LogP contribution is -2.23. The van der Waals surface area contributed by atoms with E-state index in [1.807, 2.05) is 0 Å². The highest BCUT2D eigenvalue weighted by Crippen LogP contribution is 2.23. The van der Waals surface area contributed by atoms with E-state index in [4.69, 9.17) is 4.52 Å². The van der Waals surface area contributed by atoms with Crippen LogP contribution in [0.25, 0.3) is 10.2 Å². The van der Waals surface area contributed by atoms with Gasteiger partial charge in [0.15, 0.2) is 10.6 Å². The van der Waals surface area contributed by atoms with Gasteiger partial charge in [0, 0.05) is 18.2 Å². The van der Waals surface area contributed by atoms with E-state index in [9.17, 15) is 24.5 Å². The van der Waals surface area contributed by atoms with Crippen LogP contribution in [-0.2, 0) is 25.7 Å². The van der Waals surface area contributed by atoms with E-state index in [0.29, 0.717) is 16.0 Å². The fraction of sp³-hybridized carbons (Fsp3) is 0.278. The van der Waals surface area contributed by atoms with Crippen LogP contribution in [0.5, 0.6) is 0 Å². The van der Waals surface area contributed by atoms with Gasteiger partial charge < -0.3 is 19.1 Å². The average molecular weight is 479 g/mol. The van der Waals surface area contributed by atoms with E-state index in [2.05, 4.69) is 20.2 Å². The molecule has 0 radical (unpaired) electrons. The number of non-ortho nitro benzene ring substituents is 1. The lowest BCUT2D eigenvalue weighted by Gasteiger charge is -2.03. The highest BCUT2D eigenvalue weighted by Gasteiger charge is 2.15. The maximum absolute atomic E-state index is 12.3. The number of nitrogens with zero attached hydrogens (tertiary/aromatic N) is 4. The second-order valence-corrected chi connectivity index (χ2v) is 8.32. The number of anilines is 1. The number of rotatable bonds is 8. The third-order valence-corrected chi connectivity index (χ3v) is 5.93. The van der Waals surface area contributed by atoms with Crippen LogP contribution in [0.4, 0.5) is 11.5 Å². The Morgan fingerprint density at radius 1 is 1.34 bits per heavy atom. The van der Waals surface area contributed by atoms with Gasteiger partial charge in [0.05, 0.1) is 33.8 Å². The molecule has 0 aliphatic heterocycles. The Kier molecular flexibility index (Phi) is 7.37. The zero-order valence-corrected chi connectivity index (χ0v) is 18.5. The van der Waals surface area contributed by atoms with Gasteiger partial charge in [-0.1, -0.05) is 16.5 Å². The van der Waals surface area contributed by atoms with Crippen LogP contribution >= 0.6 is 23.1 Å². The van der Waals surface area contributed by atoms with E-state index in [1.54, 1.807) is 13.0 Å². The van der Waals surface area contributed by atoms with Crippen LogP contribution in [0.1, 0.15) is 5.76 Å². The number of thioether (sulfide) groups is 1. The molecule has 2 heterocycles. The number of carbonyl (C=O) groups excluding carboxylic acids is 3. The van der Waals surface area contributed by atoms with Gasteiger partial charge in [-0.2, -0.15) is 4.99 Å². The minimum Gasteiger partial charge on any atom is -0.468 e. The van der Waals surface area contributed by atoms with Crippen molar-refractivity contribution in [2.75, 3.05) is 23.9 Å². The second-order valence-electron chi connectivity index (χ2n) is 6.33. The Bertz CT molecular complexity index is 1260. The van der Waals surface area contributed by atoms with Gasteiger partial charge in [0.25, 0.3) is 11.6 Å². The fourth-order valence-corrected chi connectivity index (χ4v) is 4.26. The maximum Gasteiger partial charge on any atom is 0.325 e. The first-order chi connectivity index (χ1) is 15.3. The van der Waals surface area contributed by atoms with Crippen LogP contribution in [-0.4, -0.2) is 51.0 Å². The van der Waals surface area contributed by atoms with Crippen LogP contribution < -0.4 is 10.1 Å². The molecule has 2 aromatic heterocycles. The number of benzene rings is 1. The quantitative estimate of drug-likeness (QED) is 0.289. The maximum atomic E-state index is 12.3. The predicted octanol–water partition coefficient (Wildman–Crippen LogP) is 1.88. The molecule has 0 aliphatic carbocycles. The summed E-state index contributed by atoms with van der Waals surface area (Å²) in [5, 5.41) is 17.2. The number of nitro groups is 1. The molecule has 2 amide bonds. The molecule has 0 spiro atoms.